The van der Waals surface area contributed by atoms with E-state index in [1.807, 2.05) is 6.92 Å². The first-order valence-electron chi connectivity index (χ1n) is 8.69. The molecular weight excluding hydrogens is 350 g/mol. The number of pyridine rings is 1. The molecule has 2 aromatic heterocycles. The molecule has 0 aliphatic heterocycles. The second-order valence-electron chi connectivity index (χ2n) is 7.33. The maximum absolute atomic E-state index is 12.2. The van der Waals surface area contributed by atoms with Crippen LogP contribution < -0.4 is 0 Å². The van der Waals surface area contributed by atoms with Gasteiger partial charge in [0.15, 0.2) is 0 Å². The van der Waals surface area contributed by atoms with E-state index in [1.165, 1.54) is 6.20 Å². The number of carbonyl (C=O) groups is 1. The van der Waals surface area contributed by atoms with Crippen LogP contribution in [0, 0.1) is 6.92 Å². The topological polar surface area (TPSA) is 86.5 Å². The Morgan fingerprint density at radius 1 is 1.35 bits per heavy atom. The molecule has 0 unspecified atom stereocenters. The minimum atomic E-state index is -1.19. The Balaban J connectivity index is 2.26. The second kappa shape index (κ2) is 8.46. The number of hydrogen-bond donors (Lipinski definition) is 1. The molecule has 0 aromatic carbocycles. The van der Waals surface area contributed by atoms with Gasteiger partial charge in [0.25, 0.3) is 0 Å². The first kappa shape index (κ1) is 20.1. The minimum absolute atomic E-state index is 0.00955. The number of ether oxygens (including phenoxy) is 2. The zero-order valence-electron chi connectivity index (χ0n) is 16.1. The third-order valence-corrected chi connectivity index (χ3v) is 5.46. The van der Waals surface area contributed by atoms with Crippen molar-refractivity contribution in [3.63, 3.8) is 0 Å². The van der Waals surface area contributed by atoms with Crippen molar-refractivity contribution >= 4 is 14.0 Å². The van der Waals surface area contributed by atoms with Crippen molar-refractivity contribution in [2.24, 2.45) is 0 Å². The molecule has 1 N–H and O–H groups in total. The van der Waals surface area contributed by atoms with Crippen LogP contribution in [0.5, 0.6) is 5.75 Å². The van der Waals surface area contributed by atoms with Crippen LogP contribution in [0.15, 0.2) is 18.5 Å². The van der Waals surface area contributed by atoms with Crippen LogP contribution in [0.3, 0.4) is 0 Å². The van der Waals surface area contributed by atoms with Crippen LogP contribution >= 0.6 is 0 Å². The molecular formula is C18H27N3O4Si. The Labute approximate surface area is 155 Å². The van der Waals surface area contributed by atoms with Gasteiger partial charge in [-0.1, -0.05) is 19.6 Å². The van der Waals surface area contributed by atoms with Crippen LogP contribution in [0.2, 0.25) is 25.7 Å². The molecule has 0 saturated carbocycles. The summed E-state index contributed by atoms with van der Waals surface area (Å²) in [7, 11) is -1.19. The molecule has 2 aromatic rings. The molecule has 0 fully saturated rings. The van der Waals surface area contributed by atoms with Gasteiger partial charge in [-0.15, -0.1) is 0 Å². The minimum Gasteiger partial charge on any atom is -0.506 e. The number of esters is 1. The van der Waals surface area contributed by atoms with E-state index in [9.17, 15) is 9.90 Å². The van der Waals surface area contributed by atoms with E-state index in [1.54, 1.807) is 23.8 Å². The zero-order valence-corrected chi connectivity index (χ0v) is 17.1. The summed E-state index contributed by atoms with van der Waals surface area (Å²) >= 11 is 0. The normalized spacial score (nSPS) is 11.6. The lowest BCUT2D eigenvalue weighted by Crippen LogP contribution is -2.22. The maximum Gasteiger partial charge on any atom is 0.374 e. The molecule has 142 valence electrons. The number of hydrogen-bond acceptors (Lipinski definition) is 6. The summed E-state index contributed by atoms with van der Waals surface area (Å²) in [6.45, 7) is 11.5. The first-order valence-corrected chi connectivity index (χ1v) is 12.4. The summed E-state index contributed by atoms with van der Waals surface area (Å²) in [5.74, 6) is -0.350. The van der Waals surface area contributed by atoms with Crippen molar-refractivity contribution in [2.75, 3.05) is 13.2 Å². The molecule has 2 rings (SSSR count). The van der Waals surface area contributed by atoms with Gasteiger partial charge in [-0.2, -0.15) is 0 Å². The first-order chi connectivity index (χ1) is 12.2. The Bertz CT molecular complexity index is 768. The molecule has 0 saturated heterocycles. The Kier molecular flexibility index (Phi) is 6.55. The molecule has 7 nitrogen and oxygen atoms in total. The SMILES string of the molecule is CCOC(=O)c1nc(-c2cc(C)ncc2O)cn1COCC[Si](C)(C)C. The van der Waals surface area contributed by atoms with Gasteiger partial charge < -0.3 is 19.1 Å². The predicted molar refractivity (Wildman–Crippen MR) is 102 cm³/mol. The average molecular weight is 378 g/mol. The van der Waals surface area contributed by atoms with Gasteiger partial charge in [-0.3, -0.25) is 4.98 Å². The number of rotatable bonds is 8. The van der Waals surface area contributed by atoms with Crippen LogP contribution in [-0.2, 0) is 16.2 Å². The summed E-state index contributed by atoms with van der Waals surface area (Å²) in [4.78, 5) is 20.6. The number of imidazole rings is 1. The highest BCUT2D eigenvalue weighted by Gasteiger charge is 2.20. The smallest absolute Gasteiger partial charge is 0.374 e. The summed E-state index contributed by atoms with van der Waals surface area (Å²) in [5.41, 5.74) is 1.74. The lowest BCUT2D eigenvalue weighted by molar-refractivity contribution is 0.0464. The third kappa shape index (κ3) is 5.40. The van der Waals surface area contributed by atoms with Gasteiger partial charge in [-0.25, -0.2) is 9.78 Å². The van der Waals surface area contributed by atoms with E-state index < -0.39 is 14.0 Å². The van der Waals surface area contributed by atoms with E-state index in [2.05, 4.69) is 29.6 Å². The van der Waals surface area contributed by atoms with Gasteiger partial charge in [0.2, 0.25) is 5.82 Å². The van der Waals surface area contributed by atoms with Gasteiger partial charge in [0.05, 0.1) is 18.5 Å². The molecule has 0 spiro atoms. The van der Waals surface area contributed by atoms with Crippen molar-refractivity contribution in [2.45, 2.75) is 46.3 Å². The van der Waals surface area contributed by atoms with Crippen molar-refractivity contribution < 1.29 is 19.4 Å². The zero-order chi connectivity index (χ0) is 19.3. The van der Waals surface area contributed by atoms with Crippen molar-refractivity contribution in [1.82, 2.24) is 14.5 Å². The molecule has 0 amide bonds. The molecule has 0 bridgehead atoms. The van der Waals surface area contributed by atoms with E-state index in [-0.39, 0.29) is 24.9 Å². The van der Waals surface area contributed by atoms with Crippen molar-refractivity contribution in [3.8, 4) is 17.0 Å². The Hall–Kier alpha value is -2.19. The molecule has 8 heteroatoms. The van der Waals surface area contributed by atoms with Crippen LogP contribution in [0.25, 0.3) is 11.3 Å². The van der Waals surface area contributed by atoms with Crippen molar-refractivity contribution in [3.05, 3.63) is 30.0 Å². The fourth-order valence-electron chi connectivity index (χ4n) is 2.30. The number of carbonyl (C=O) groups excluding carboxylic acids is 1. The van der Waals surface area contributed by atoms with Crippen LogP contribution in [0.1, 0.15) is 23.2 Å². The Morgan fingerprint density at radius 2 is 2.08 bits per heavy atom. The number of aromatic nitrogens is 3. The number of aromatic hydroxyl groups is 1. The lowest BCUT2D eigenvalue weighted by atomic mass is 10.1. The van der Waals surface area contributed by atoms with Crippen LogP contribution in [0.4, 0.5) is 0 Å². The van der Waals surface area contributed by atoms with E-state index in [4.69, 9.17) is 9.47 Å². The molecule has 0 radical (unpaired) electrons. The van der Waals surface area contributed by atoms with Gasteiger partial charge in [0.1, 0.15) is 12.5 Å². The molecule has 2 heterocycles. The summed E-state index contributed by atoms with van der Waals surface area (Å²) < 4.78 is 12.4. The standard InChI is InChI=1S/C18H27N3O4Si/c1-6-25-18(23)17-20-15(14-9-13(2)19-10-16(14)22)11-21(17)12-24-7-8-26(3,4)5/h9-11,22H,6-8,12H2,1-5H3. The average Bonchev–Trinajstić information content (AvgIpc) is 2.97. The van der Waals surface area contributed by atoms with Gasteiger partial charge in [-0.05, 0) is 26.0 Å². The summed E-state index contributed by atoms with van der Waals surface area (Å²) in [5, 5.41) is 10.1. The van der Waals surface area contributed by atoms with Crippen molar-refractivity contribution in [1.29, 1.82) is 0 Å². The highest BCUT2D eigenvalue weighted by molar-refractivity contribution is 6.76. The molecule has 0 aliphatic carbocycles. The highest BCUT2D eigenvalue weighted by atomic mass is 28.3. The lowest BCUT2D eigenvalue weighted by Gasteiger charge is -2.15. The fraction of sp³-hybridized carbons (Fsp3) is 0.500. The summed E-state index contributed by atoms with van der Waals surface area (Å²) in [6, 6.07) is 2.76. The largest absolute Gasteiger partial charge is 0.506 e. The quantitative estimate of drug-likeness (QED) is 0.431. The Morgan fingerprint density at radius 3 is 2.73 bits per heavy atom. The van der Waals surface area contributed by atoms with Crippen LogP contribution in [-0.4, -0.2) is 46.9 Å². The van der Waals surface area contributed by atoms with E-state index in [0.29, 0.717) is 17.9 Å². The predicted octanol–water partition coefficient (Wildman–Crippen LogP) is 3.45. The molecule has 0 atom stereocenters. The van der Waals surface area contributed by atoms with E-state index in [0.717, 1.165) is 11.7 Å². The fourth-order valence-corrected chi connectivity index (χ4v) is 3.06. The third-order valence-electron chi connectivity index (χ3n) is 3.76. The van der Waals surface area contributed by atoms with E-state index >= 15 is 0 Å². The highest BCUT2D eigenvalue weighted by Crippen LogP contribution is 2.28. The monoisotopic (exact) mass is 377 g/mol. The van der Waals surface area contributed by atoms with Gasteiger partial charge >= 0.3 is 5.97 Å². The number of aryl methyl sites for hydroxylation is 1. The number of nitrogens with zero attached hydrogens (tertiary/aromatic N) is 3. The van der Waals surface area contributed by atoms with Gasteiger partial charge in [0, 0.05) is 32.1 Å². The molecule has 26 heavy (non-hydrogen) atoms. The maximum atomic E-state index is 12.2. The molecule has 0 aliphatic rings. The summed E-state index contributed by atoms with van der Waals surface area (Å²) in [6.07, 6.45) is 3.06. The second-order valence-corrected chi connectivity index (χ2v) is 13.0.